The number of furan rings is 1. The summed E-state index contributed by atoms with van der Waals surface area (Å²) in [5.41, 5.74) is 9.09. The molecule has 0 saturated carbocycles. The molecule has 1 unspecified atom stereocenters. The van der Waals surface area contributed by atoms with Gasteiger partial charge >= 0.3 is 0 Å². The Hall–Kier alpha value is -1.26. The highest BCUT2D eigenvalue weighted by atomic mass is 35.5. The molecule has 0 aliphatic carbocycles. The van der Waals surface area contributed by atoms with E-state index in [1.54, 1.807) is 6.26 Å². The molecule has 0 aliphatic rings. The first-order valence-corrected chi connectivity index (χ1v) is 6.01. The fourth-order valence-corrected chi connectivity index (χ4v) is 2.20. The predicted molar refractivity (Wildman–Crippen MR) is 67.0 cm³/mol. The lowest BCUT2D eigenvalue weighted by Gasteiger charge is -2.11. The highest BCUT2D eigenvalue weighted by Gasteiger charge is 2.15. The molecule has 0 radical (unpaired) electrons. The molecule has 17 heavy (non-hydrogen) atoms. The van der Waals surface area contributed by atoms with E-state index in [4.69, 9.17) is 21.8 Å². The number of halogens is 1. The number of rotatable bonds is 4. The zero-order chi connectivity index (χ0) is 12.4. The van der Waals surface area contributed by atoms with Crippen molar-refractivity contribution in [2.24, 2.45) is 5.73 Å². The van der Waals surface area contributed by atoms with Gasteiger partial charge in [0.2, 0.25) is 0 Å². The first-order chi connectivity index (χ1) is 8.11. The molecule has 0 saturated heterocycles. The maximum Gasteiger partial charge on any atom is 0.197 e. The average Bonchev–Trinajstić information content (AvgIpc) is 2.84. The van der Waals surface area contributed by atoms with Gasteiger partial charge in [0.05, 0.1) is 12.0 Å². The van der Waals surface area contributed by atoms with Crippen LogP contribution in [0.4, 0.5) is 0 Å². The first-order valence-electron chi connectivity index (χ1n) is 5.63. The van der Waals surface area contributed by atoms with Crippen LogP contribution in [-0.4, -0.2) is 9.78 Å². The molecule has 0 amide bonds. The molecule has 0 aliphatic heterocycles. The van der Waals surface area contributed by atoms with Gasteiger partial charge in [-0.15, -0.1) is 0 Å². The van der Waals surface area contributed by atoms with Crippen molar-refractivity contribution in [3.05, 3.63) is 40.6 Å². The SMILES string of the molecule is CCn1nc(C)cc1CC(N)c1ccoc1Cl. The van der Waals surface area contributed by atoms with Gasteiger partial charge in [0.15, 0.2) is 5.22 Å². The van der Waals surface area contributed by atoms with Gasteiger partial charge in [0.1, 0.15) is 0 Å². The van der Waals surface area contributed by atoms with Crippen LogP contribution < -0.4 is 5.73 Å². The van der Waals surface area contributed by atoms with Crippen LogP contribution in [-0.2, 0) is 13.0 Å². The van der Waals surface area contributed by atoms with Crippen molar-refractivity contribution in [1.82, 2.24) is 9.78 Å². The van der Waals surface area contributed by atoms with E-state index in [9.17, 15) is 0 Å². The summed E-state index contributed by atoms with van der Waals surface area (Å²) in [7, 11) is 0. The molecule has 2 rings (SSSR count). The van der Waals surface area contributed by atoms with Crippen molar-refractivity contribution in [1.29, 1.82) is 0 Å². The molecule has 1 atom stereocenters. The van der Waals surface area contributed by atoms with E-state index in [0.29, 0.717) is 11.6 Å². The minimum atomic E-state index is -0.164. The van der Waals surface area contributed by atoms with Gasteiger partial charge in [-0.2, -0.15) is 5.10 Å². The summed E-state index contributed by atoms with van der Waals surface area (Å²) in [6.07, 6.45) is 2.26. The third-order valence-corrected chi connectivity index (χ3v) is 3.07. The van der Waals surface area contributed by atoms with E-state index < -0.39 is 0 Å². The summed E-state index contributed by atoms with van der Waals surface area (Å²) in [5, 5.41) is 4.76. The third kappa shape index (κ3) is 2.53. The monoisotopic (exact) mass is 253 g/mol. The molecule has 2 aromatic rings. The van der Waals surface area contributed by atoms with E-state index in [1.807, 2.05) is 17.7 Å². The van der Waals surface area contributed by atoms with E-state index in [1.165, 1.54) is 0 Å². The largest absolute Gasteiger partial charge is 0.453 e. The van der Waals surface area contributed by atoms with Gasteiger partial charge in [0, 0.05) is 30.3 Å². The van der Waals surface area contributed by atoms with Crippen LogP contribution in [0.3, 0.4) is 0 Å². The fraction of sp³-hybridized carbons (Fsp3) is 0.417. The Bertz CT molecular complexity index is 504. The van der Waals surface area contributed by atoms with Crippen molar-refractivity contribution in [2.45, 2.75) is 32.9 Å². The van der Waals surface area contributed by atoms with Crippen molar-refractivity contribution < 1.29 is 4.42 Å². The summed E-state index contributed by atoms with van der Waals surface area (Å²) in [5.74, 6) is 0. The Kier molecular flexibility index (Phi) is 3.54. The van der Waals surface area contributed by atoms with Crippen LogP contribution >= 0.6 is 11.6 Å². The quantitative estimate of drug-likeness (QED) is 0.912. The summed E-state index contributed by atoms with van der Waals surface area (Å²) < 4.78 is 7.01. The number of hydrogen-bond acceptors (Lipinski definition) is 3. The zero-order valence-corrected chi connectivity index (χ0v) is 10.7. The maximum absolute atomic E-state index is 6.12. The molecule has 0 fully saturated rings. The lowest BCUT2D eigenvalue weighted by Crippen LogP contribution is -2.15. The Balaban J connectivity index is 2.18. The van der Waals surface area contributed by atoms with Crippen molar-refractivity contribution >= 4 is 11.6 Å². The maximum atomic E-state index is 6.12. The molecular formula is C12H16ClN3O. The van der Waals surface area contributed by atoms with Gasteiger partial charge in [0.25, 0.3) is 0 Å². The van der Waals surface area contributed by atoms with Crippen LogP contribution in [0.15, 0.2) is 22.8 Å². The number of nitrogens with zero attached hydrogens (tertiary/aromatic N) is 2. The van der Waals surface area contributed by atoms with Gasteiger partial charge in [-0.3, -0.25) is 4.68 Å². The van der Waals surface area contributed by atoms with Crippen LogP contribution in [0.1, 0.15) is 29.9 Å². The number of hydrogen-bond donors (Lipinski definition) is 1. The molecular weight excluding hydrogens is 238 g/mol. The molecule has 2 N–H and O–H groups in total. The highest BCUT2D eigenvalue weighted by molar-refractivity contribution is 6.29. The predicted octanol–water partition coefficient (Wildman–Crippen LogP) is 2.70. The van der Waals surface area contributed by atoms with E-state index in [0.717, 1.165) is 23.5 Å². The van der Waals surface area contributed by atoms with Crippen LogP contribution in [0.25, 0.3) is 0 Å². The lowest BCUT2D eigenvalue weighted by atomic mass is 10.1. The van der Waals surface area contributed by atoms with Gasteiger partial charge in [-0.05, 0) is 37.6 Å². The molecule has 92 valence electrons. The molecule has 2 aromatic heterocycles. The van der Waals surface area contributed by atoms with Crippen LogP contribution in [0.2, 0.25) is 5.22 Å². The van der Waals surface area contributed by atoms with Gasteiger partial charge in [-0.1, -0.05) is 0 Å². The third-order valence-electron chi connectivity index (χ3n) is 2.76. The standard InChI is InChI=1S/C12H16ClN3O/c1-3-16-9(6-8(2)15-16)7-11(14)10-4-5-17-12(10)13/h4-6,11H,3,7,14H2,1-2H3. The van der Waals surface area contributed by atoms with E-state index >= 15 is 0 Å². The summed E-state index contributed by atoms with van der Waals surface area (Å²) in [4.78, 5) is 0. The first kappa shape index (κ1) is 12.2. The van der Waals surface area contributed by atoms with Gasteiger partial charge < -0.3 is 10.2 Å². The second kappa shape index (κ2) is 4.94. The topological polar surface area (TPSA) is 57.0 Å². The van der Waals surface area contributed by atoms with Crippen LogP contribution in [0, 0.1) is 6.92 Å². The smallest absolute Gasteiger partial charge is 0.197 e. The second-order valence-electron chi connectivity index (χ2n) is 4.05. The second-order valence-corrected chi connectivity index (χ2v) is 4.40. The van der Waals surface area contributed by atoms with Crippen LogP contribution in [0.5, 0.6) is 0 Å². The van der Waals surface area contributed by atoms with Crippen molar-refractivity contribution in [3.8, 4) is 0 Å². The molecule has 0 spiro atoms. The molecule has 5 heteroatoms. The highest BCUT2D eigenvalue weighted by Crippen LogP contribution is 2.25. The van der Waals surface area contributed by atoms with Crippen molar-refractivity contribution in [2.75, 3.05) is 0 Å². The summed E-state index contributed by atoms with van der Waals surface area (Å²) in [6, 6.07) is 3.70. The number of aromatic nitrogens is 2. The minimum absolute atomic E-state index is 0.164. The Morgan fingerprint density at radius 1 is 1.59 bits per heavy atom. The van der Waals surface area contributed by atoms with E-state index in [-0.39, 0.29) is 6.04 Å². The normalized spacial score (nSPS) is 12.9. The zero-order valence-electron chi connectivity index (χ0n) is 9.98. The minimum Gasteiger partial charge on any atom is -0.453 e. The van der Waals surface area contributed by atoms with Crippen molar-refractivity contribution in [3.63, 3.8) is 0 Å². The molecule has 4 nitrogen and oxygen atoms in total. The Labute approximate surface area is 105 Å². The molecule has 0 aromatic carbocycles. The van der Waals surface area contributed by atoms with Gasteiger partial charge in [-0.25, -0.2) is 0 Å². The number of nitrogens with two attached hydrogens (primary N) is 1. The summed E-state index contributed by atoms with van der Waals surface area (Å²) in [6.45, 7) is 4.88. The molecule has 2 heterocycles. The molecule has 0 bridgehead atoms. The Morgan fingerprint density at radius 3 is 2.94 bits per heavy atom. The Morgan fingerprint density at radius 2 is 2.35 bits per heavy atom. The fourth-order valence-electron chi connectivity index (χ4n) is 1.94. The van der Waals surface area contributed by atoms with E-state index in [2.05, 4.69) is 18.1 Å². The lowest BCUT2D eigenvalue weighted by molar-refractivity contribution is 0.554. The number of aryl methyl sites for hydroxylation is 2. The summed E-state index contributed by atoms with van der Waals surface area (Å²) >= 11 is 5.91. The average molecular weight is 254 g/mol.